The second kappa shape index (κ2) is 7.83. The normalized spacial score (nSPS) is 11.9. The highest BCUT2D eigenvalue weighted by Gasteiger charge is 2.31. The lowest BCUT2D eigenvalue weighted by molar-refractivity contribution is -0.274. The third-order valence-corrected chi connectivity index (χ3v) is 4.72. The summed E-state index contributed by atoms with van der Waals surface area (Å²) in [6.45, 7) is -0.0937. The largest absolute Gasteiger partial charge is 0.573 e. The zero-order valence-electron chi connectivity index (χ0n) is 13.8. The Labute approximate surface area is 148 Å². The molecule has 26 heavy (non-hydrogen) atoms. The van der Waals surface area contributed by atoms with Crippen molar-refractivity contribution >= 4 is 10.0 Å². The minimum Gasteiger partial charge on any atom is -0.497 e. The zero-order chi connectivity index (χ0) is 19.4. The first-order valence-corrected chi connectivity index (χ1v) is 8.69. The van der Waals surface area contributed by atoms with Crippen molar-refractivity contribution in [1.29, 1.82) is 0 Å². The van der Waals surface area contributed by atoms with Crippen LogP contribution in [0.25, 0.3) is 0 Å². The van der Waals surface area contributed by atoms with Crippen LogP contribution in [0.1, 0.15) is 5.56 Å². The average Bonchev–Trinajstić information content (AvgIpc) is 2.58. The van der Waals surface area contributed by atoms with Gasteiger partial charge in [0.1, 0.15) is 17.2 Å². The molecule has 10 heteroatoms. The minimum absolute atomic E-state index is 0.0937. The molecule has 0 aliphatic heterocycles. The van der Waals surface area contributed by atoms with E-state index >= 15 is 0 Å². The summed E-state index contributed by atoms with van der Waals surface area (Å²) in [6.07, 6.45) is -4.85. The number of hydrogen-bond acceptors (Lipinski definition) is 5. The molecule has 1 N–H and O–H groups in total. The number of hydrogen-bond donors (Lipinski definition) is 1. The maximum Gasteiger partial charge on any atom is 0.573 e. The molecule has 142 valence electrons. The molecule has 0 aliphatic carbocycles. The Balaban J connectivity index is 2.14. The fourth-order valence-corrected chi connectivity index (χ4v) is 3.10. The van der Waals surface area contributed by atoms with E-state index in [1.807, 2.05) is 0 Å². The molecule has 0 radical (unpaired) electrons. The van der Waals surface area contributed by atoms with Crippen molar-refractivity contribution in [3.8, 4) is 17.2 Å². The first-order valence-electron chi connectivity index (χ1n) is 7.21. The zero-order valence-corrected chi connectivity index (χ0v) is 14.6. The van der Waals surface area contributed by atoms with Crippen molar-refractivity contribution in [2.45, 2.75) is 17.8 Å². The van der Waals surface area contributed by atoms with E-state index in [0.717, 1.165) is 24.3 Å². The van der Waals surface area contributed by atoms with Gasteiger partial charge in [-0.2, -0.15) is 0 Å². The molecule has 6 nitrogen and oxygen atoms in total. The Kier molecular flexibility index (Phi) is 5.98. The van der Waals surface area contributed by atoms with Crippen molar-refractivity contribution in [2.75, 3.05) is 14.2 Å². The second-order valence-corrected chi connectivity index (χ2v) is 6.79. The third-order valence-electron chi connectivity index (χ3n) is 3.31. The lowest BCUT2D eigenvalue weighted by atomic mass is 10.2. The molecule has 0 heterocycles. The van der Waals surface area contributed by atoms with E-state index in [1.165, 1.54) is 14.2 Å². The molecule has 0 bridgehead atoms. The highest BCUT2D eigenvalue weighted by Crippen LogP contribution is 2.26. The van der Waals surface area contributed by atoms with Crippen LogP contribution in [0.2, 0.25) is 0 Å². The summed E-state index contributed by atoms with van der Waals surface area (Å²) in [5, 5.41) is 0. The lowest BCUT2D eigenvalue weighted by Crippen LogP contribution is -2.23. The number of alkyl halides is 3. The van der Waals surface area contributed by atoms with E-state index in [2.05, 4.69) is 9.46 Å². The molecule has 0 amide bonds. The molecule has 2 aromatic carbocycles. The van der Waals surface area contributed by atoms with Crippen LogP contribution in [0.15, 0.2) is 47.4 Å². The maximum atomic E-state index is 12.3. The number of benzene rings is 2. The van der Waals surface area contributed by atoms with E-state index in [1.54, 1.807) is 18.2 Å². The molecule has 0 unspecified atom stereocenters. The third kappa shape index (κ3) is 5.27. The molecule has 2 aromatic rings. The van der Waals surface area contributed by atoms with E-state index in [9.17, 15) is 21.6 Å². The first kappa shape index (κ1) is 19.9. The van der Waals surface area contributed by atoms with Crippen LogP contribution in [0.4, 0.5) is 13.2 Å². The van der Waals surface area contributed by atoms with Gasteiger partial charge in [-0.15, -0.1) is 13.2 Å². The summed E-state index contributed by atoms with van der Waals surface area (Å²) in [5.74, 6) is 0.474. The molecular formula is C16H16F3NO5S. The van der Waals surface area contributed by atoms with Gasteiger partial charge in [0.2, 0.25) is 10.0 Å². The van der Waals surface area contributed by atoms with Crippen LogP contribution in [-0.2, 0) is 16.6 Å². The van der Waals surface area contributed by atoms with Gasteiger partial charge in [0.25, 0.3) is 0 Å². The van der Waals surface area contributed by atoms with Gasteiger partial charge >= 0.3 is 6.36 Å². The van der Waals surface area contributed by atoms with Gasteiger partial charge in [-0.05, 0) is 42.5 Å². The Morgan fingerprint density at radius 2 is 1.58 bits per heavy atom. The predicted molar refractivity (Wildman–Crippen MR) is 86.7 cm³/mol. The minimum atomic E-state index is -4.85. The molecule has 0 atom stereocenters. The van der Waals surface area contributed by atoms with Crippen molar-refractivity contribution in [3.63, 3.8) is 0 Å². The SMILES string of the molecule is COc1ccc(OC)c(CNS(=O)(=O)c2ccc(OC(F)(F)F)cc2)c1. The van der Waals surface area contributed by atoms with Crippen molar-refractivity contribution in [3.05, 3.63) is 48.0 Å². The lowest BCUT2D eigenvalue weighted by Gasteiger charge is -2.12. The quantitative estimate of drug-likeness (QED) is 0.785. The summed E-state index contributed by atoms with van der Waals surface area (Å²) in [7, 11) is -1.03. The Hall–Kier alpha value is -2.46. The number of sulfonamides is 1. The summed E-state index contributed by atoms with van der Waals surface area (Å²) in [5.41, 5.74) is 0.535. The number of methoxy groups -OCH3 is 2. The van der Waals surface area contributed by atoms with E-state index in [-0.39, 0.29) is 11.4 Å². The van der Waals surface area contributed by atoms with Gasteiger partial charge in [-0.3, -0.25) is 0 Å². The summed E-state index contributed by atoms with van der Waals surface area (Å²) in [6, 6.07) is 8.80. The van der Waals surface area contributed by atoms with Crippen LogP contribution in [-0.4, -0.2) is 29.0 Å². The number of halogens is 3. The standard InChI is InChI=1S/C16H16F3NO5S/c1-23-13-5-8-15(24-2)11(9-13)10-20-26(21,22)14-6-3-12(4-7-14)25-16(17,18)19/h3-9,20H,10H2,1-2H3. The highest BCUT2D eigenvalue weighted by atomic mass is 32.2. The second-order valence-electron chi connectivity index (χ2n) is 5.02. The summed E-state index contributed by atoms with van der Waals surface area (Å²) >= 11 is 0. The van der Waals surface area contributed by atoms with Crippen LogP contribution >= 0.6 is 0 Å². The van der Waals surface area contributed by atoms with E-state index in [4.69, 9.17) is 9.47 Å². The van der Waals surface area contributed by atoms with Gasteiger partial charge in [-0.25, -0.2) is 13.1 Å². The number of nitrogens with one attached hydrogen (secondary N) is 1. The van der Waals surface area contributed by atoms with Crippen LogP contribution in [0.5, 0.6) is 17.2 Å². The van der Waals surface area contributed by atoms with Crippen molar-refractivity contribution < 1.29 is 35.8 Å². The fraction of sp³-hybridized carbons (Fsp3) is 0.250. The summed E-state index contributed by atoms with van der Waals surface area (Å²) in [4.78, 5) is -0.200. The molecule has 0 saturated carbocycles. The van der Waals surface area contributed by atoms with Crippen molar-refractivity contribution in [2.24, 2.45) is 0 Å². The van der Waals surface area contributed by atoms with Gasteiger partial charge in [-0.1, -0.05) is 0 Å². The van der Waals surface area contributed by atoms with Crippen LogP contribution in [0.3, 0.4) is 0 Å². The Morgan fingerprint density at radius 3 is 2.12 bits per heavy atom. The Bertz CT molecular complexity index is 851. The average molecular weight is 391 g/mol. The molecule has 0 fully saturated rings. The van der Waals surface area contributed by atoms with Gasteiger partial charge < -0.3 is 14.2 Å². The van der Waals surface area contributed by atoms with Crippen molar-refractivity contribution in [1.82, 2.24) is 4.72 Å². The molecule has 0 aromatic heterocycles. The number of ether oxygens (including phenoxy) is 3. The summed E-state index contributed by atoms with van der Waals surface area (Å²) < 4.78 is 77.4. The maximum absolute atomic E-state index is 12.3. The van der Waals surface area contributed by atoms with Gasteiger partial charge in [0, 0.05) is 12.1 Å². The molecule has 2 rings (SSSR count). The first-order chi connectivity index (χ1) is 12.1. The smallest absolute Gasteiger partial charge is 0.497 e. The molecule has 0 aliphatic rings. The fourth-order valence-electron chi connectivity index (χ4n) is 2.10. The molecular weight excluding hydrogens is 375 g/mol. The number of rotatable bonds is 7. The highest BCUT2D eigenvalue weighted by molar-refractivity contribution is 7.89. The Morgan fingerprint density at radius 1 is 0.962 bits per heavy atom. The molecule has 0 saturated heterocycles. The predicted octanol–water partition coefficient (Wildman–Crippen LogP) is 3.08. The topological polar surface area (TPSA) is 73.9 Å². The van der Waals surface area contributed by atoms with Gasteiger partial charge in [0.15, 0.2) is 0 Å². The van der Waals surface area contributed by atoms with Gasteiger partial charge in [0.05, 0.1) is 19.1 Å². The molecule has 0 spiro atoms. The van der Waals surface area contributed by atoms with E-state index in [0.29, 0.717) is 17.1 Å². The van der Waals surface area contributed by atoms with Crippen LogP contribution < -0.4 is 18.9 Å². The monoisotopic (exact) mass is 391 g/mol. The van der Waals surface area contributed by atoms with E-state index < -0.39 is 22.1 Å². The van der Waals surface area contributed by atoms with Crippen LogP contribution in [0, 0.1) is 0 Å².